The van der Waals surface area contributed by atoms with E-state index < -0.39 is 12.1 Å². The number of fused-ring (bicyclic) bond motifs is 1. The molecule has 0 aliphatic carbocycles. The van der Waals surface area contributed by atoms with Crippen LogP contribution in [0.3, 0.4) is 0 Å². The summed E-state index contributed by atoms with van der Waals surface area (Å²) in [5.74, 6) is 0.0668. The molecule has 1 atom stereocenters. The van der Waals surface area contributed by atoms with Crippen LogP contribution in [0.2, 0.25) is 0 Å². The molecule has 2 aliphatic rings. The van der Waals surface area contributed by atoms with Crippen molar-refractivity contribution in [1.29, 1.82) is 0 Å². The van der Waals surface area contributed by atoms with E-state index in [2.05, 4.69) is 6.92 Å². The maximum Gasteiger partial charge on any atom is 0.326 e. The van der Waals surface area contributed by atoms with Gasteiger partial charge >= 0.3 is 5.97 Å². The topological polar surface area (TPSA) is 66.9 Å². The Balaban J connectivity index is 1.58. The number of hydrogen-bond acceptors (Lipinski definition) is 5. The Morgan fingerprint density at radius 1 is 1.27 bits per heavy atom. The summed E-state index contributed by atoms with van der Waals surface area (Å²) in [6, 6.07) is 7.47. The van der Waals surface area contributed by atoms with Gasteiger partial charge in [0.15, 0.2) is 6.10 Å². The molecule has 0 bridgehead atoms. The average molecular weight is 376 g/mol. The smallest absolute Gasteiger partial charge is 0.326 e. The highest BCUT2D eigenvalue weighted by molar-refractivity contribution is 8.00. The van der Waals surface area contributed by atoms with Crippen LogP contribution in [0, 0.1) is 5.92 Å². The molecule has 7 heteroatoms. The van der Waals surface area contributed by atoms with Gasteiger partial charge in [0.25, 0.3) is 5.91 Å². The zero-order valence-electron chi connectivity index (χ0n) is 15.1. The zero-order valence-corrected chi connectivity index (χ0v) is 16.0. The van der Waals surface area contributed by atoms with Gasteiger partial charge in [0.1, 0.15) is 6.54 Å². The first-order valence-electron chi connectivity index (χ1n) is 8.96. The van der Waals surface area contributed by atoms with Gasteiger partial charge in [0, 0.05) is 18.0 Å². The minimum Gasteiger partial charge on any atom is -0.451 e. The number of esters is 1. The summed E-state index contributed by atoms with van der Waals surface area (Å²) >= 11 is 1.46. The van der Waals surface area contributed by atoms with Crippen LogP contribution in [0.15, 0.2) is 29.2 Å². The number of piperidine rings is 1. The number of thioether (sulfide) groups is 1. The molecule has 6 nitrogen and oxygen atoms in total. The fourth-order valence-corrected chi connectivity index (χ4v) is 4.16. The highest BCUT2D eigenvalue weighted by atomic mass is 32.2. The number of ether oxygens (including phenoxy) is 1. The summed E-state index contributed by atoms with van der Waals surface area (Å²) in [4.78, 5) is 41.2. The molecule has 1 aromatic rings. The van der Waals surface area contributed by atoms with Crippen molar-refractivity contribution in [1.82, 2.24) is 4.90 Å². The standard InChI is InChI=1S/C19H24N2O4S/c1-13-7-9-20(10-8-13)19(24)14(2)25-18(23)11-21-15-5-3-4-6-16(15)26-12-17(21)22/h3-6,13-14H,7-12H2,1-2H3. The maximum absolute atomic E-state index is 12.5. The van der Waals surface area contributed by atoms with E-state index in [1.807, 2.05) is 24.3 Å². The lowest BCUT2D eigenvalue weighted by Gasteiger charge is -2.32. The van der Waals surface area contributed by atoms with E-state index in [1.54, 1.807) is 11.8 Å². The van der Waals surface area contributed by atoms with E-state index in [1.165, 1.54) is 16.7 Å². The number of rotatable bonds is 4. The molecule has 0 saturated carbocycles. The Kier molecular flexibility index (Phi) is 5.86. The number of likely N-dealkylation sites (tertiary alicyclic amines) is 1. The average Bonchev–Trinajstić information content (AvgIpc) is 2.64. The SMILES string of the molecule is CC1CCN(C(=O)C(C)OC(=O)CN2C(=O)CSc3ccccc32)CC1. The second-order valence-electron chi connectivity index (χ2n) is 6.88. The van der Waals surface area contributed by atoms with E-state index in [4.69, 9.17) is 4.74 Å². The quantitative estimate of drug-likeness (QED) is 0.755. The number of carbonyl (C=O) groups excluding carboxylic acids is 3. The predicted octanol–water partition coefficient (Wildman–Crippen LogP) is 2.32. The third-order valence-electron chi connectivity index (χ3n) is 4.85. The van der Waals surface area contributed by atoms with Crippen LogP contribution in [0.25, 0.3) is 0 Å². The molecule has 1 fully saturated rings. The molecule has 2 aliphatic heterocycles. The van der Waals surface area contributed by atoms with E-state index in [-0.39, 0.29) is 18.4 Å². The summed E-state index contributed by atoms with van der Waals surface area (Å²) in [7, 11) is 0. The second-order valence-corrected chi connectivity index (χ2v) is 7.89. The molecular formula is C19H24N2O4S. The fraction of sp³-hybridized carbons (Fsp3) is 0.526. The lowest BCUT2D eigenvalue weighted by atomic mass is 9.99. The van der Waals surface area contributed by atoms with Gasteiger partial charge in [0.2, 0.25) is 5.91 Å². The summed E-state index contributed by atoms with van der Waals surface area (Å²) in [5.41, 5.74) is 0.717. The van der Waals surface area contributed by atoms with E-state index >= 15 is 0 Å². The van der Waals surface area contributed by atoms with Crippen molar-refractivity contribution in [2.45, 2.75) is 37.7 Å². The minimum absolute atomic E-state index is 0.130. The number of amides is 2. The molecule has 2 amide bonds. The zero-order chi connectivity index (χ0) is 18.7. The van der Waals surface area contributed by atoms with Crippen LogP contribution in [0.1, 0.15) is 26.7 Å². The van der Waals surface area contributed by atoms with Gasteiger partial charge in [-0.05, 0) is 37.8 Å². The Hall–Kier alpha value is -2.02. The van der Waals surface area contributed by atoms with Gasteiger partial charge < -0.3 is 9.64 Å². The van der Waals surface area contributed by atoms with Crippen LogP contribution >= 0.6 is 11.8 Å². The van der Waals surface area contributed by atoms with Crippen molar-refractivity contribution in [3.05, 3.63) is 24.3 Å². The van der Waals surface area contributed by atoms with Gasteiger partial charge in [-0.15, -0.1) is 11.8 Å². The summed E-state index contributed by atoms with van der Waals surface area (Å²) in [6.45, 7) is 5.01. The van der Waals surface area contributed by atoms with Crippen LogP contribution in [0.5, 0.6) is 0 Å². The van der Waals surface area contributed by atoms with Gasteiger partial charge in [0.05, 0.1) is 11.4 Å². The number of anilines is 1. The van der Waals surface area contributed by atoms with Crippen molar-refractivity contribution in [2.24, 2.45) is 5.92 Å². The molecule has 1 unspecified atom stereocenters. The maximum atomic E-state index is 12.5. The monoisotopic (exact) mass is 376 g/mol. The van der Waals surface area contributed by atoms with Gasteiger partial charge in [-0.1, -0.05) is 19.1 Å². The molecule has 1 aromatic carbocycles. The Morgan fingerprint density at radius 2 is 1.96 bits per heavy atom. The van der Waals surface area contributed by atoms with Crippen molar-refractivity contribution in [2.75, 3.05) is 30.3 Å². The Morgan fingerprint density at radius 3 is 2.69 bits per heavy atom. The van der Waals surface area contributed by atoms with Gasteiger partial charge in [-0.25, -0.2) is 0 Å². The summed E-state index contributed by atoms with van der Waals surface area (Å²) in [6.07, 6.45) is 1.12. The number of carbonyl (C=O) groups is 3. The first-order valence-corrected chi connectivity index (χ1v) is 9.94. The highest BCUT2D eigenvalue weighted by Gasteiger charge is 2.30. The number of hydrogen-bond donors (Lipinski definition) is 0. The van der Waals surface area contributed by atoms with E-state index in [9.17, 15) is 14.4 Å². The molecule has 0 spiro atoms. The largest absolute Gasteiger partial charge is 0.451 e. The molecular weight excluding hydrogens is 352 g/mol. The van der Waals surface area contributed by atoms with E-state index in [0.717, 1.165) is 23.4 Å². The number of nitrogens with zero attached hydrogens (tertiary/aromatic N) is 2. The Bertz CT molecular complexity index is 701. The van der Waals surface area contributed by atoms with Crippen LogP contribution in [-0.2, 0) is 19.1 Å². The summed E-state index contributed by atoms with van der Waals surface area (Å²) in [5, 5.41) is 0. The van der Waals surface area contributed by atoms with Crippen LogP contribution < -0.4 is 4.90 Å². The molecule has 3 rings (SSSR count). The van der Waals surface area contributed by atoms with Crippen molar-refractivity contribution in [3.8, 4) is 0 Å². The molecule has 140 valence electrons. The normalized spacial score (nSPS) is 19.1. The molecule has 0 N–H and O–H groups in total. The second kappa shape index (κ2) is 8.12. The summed E-state index contributed by atoms with van der Waals surface area (Å²) < 4.78 is 5.33. The van der Waals surface area contributed by atoms with Crippen molar-refractivity contribution in [3.63, 3.8) is 0 Å². The molecule has 1 saturated heterocycles. The molecule has 26 heavy (non-hydrogen) atoms. The number of para-hydroxylation sites is 1. The predicted molar refractivity (Wildman–Crippen MR) is 100 cm³/mol. The van der Waals surface area contributed by atoms with Crippen LogP contribution in [0.4, 0.5) is 5.69 Å². The van der Waals surface area contributed by atoms with Crippen molar-refractivity contribution < 1.29 is 19.1 Å². The first-order chi connectivity index (χ1) is 12.5. The molecule has 2 heterocycles. The fourth-order valence-electron chi connectivity index (χ4n) is 3.23. The minimum atomic E-state index is -0.833. The first kappa shape index (κ1) is 18.8. The third kappa shape index (κ3) is 4.20. The lowest BCUT2D eigenvalue weighted by molar-refractivity contribution is -0.158. The van der Waals surface area contributed by atoms with Gasteiger partial charge in [-0.2, -0.15) is 0 Å². The van der Waals surface area contributed by atoms with E-state index in [0.29, 0.717) is 24.8 Å². The van der Waals surface area contributed by atoms with Gasteiger partial charge in [-0.3, -0.25) is 19.3 Å². The van der Waals surface area contributed by atoms with Crippen LogP contribution in [-0.4, -0.2) is 54.2 Å². The Labute approximate surface area is 157 Å². The highest BCUT2D eigenvalue weighted by Crippen LogP contribution is 2.34. The third-order valence-corrected chi connectivity index (χ3v) is 5.89. The molecule has 0 aromatic heterocycles. The lowest BCUT2D eigenvalue weighted by Crippen LogP contribution is -2.45. The number of benzene rings is 1. The van der Waals surface area contributed by atoms with Crippen molar-refractivity contribution >= 4 is 35.2 Å². The molecule has 0 radical (unpaired) electrons.